The highest BCUT2D eigenvalue weighted by molar-refractivity contribution is 5.90. The standard InChI is InChI=1S/C15H19NO2/c1-2-3-4-5-8-18-15-10-16-14-9-12(11-17)6-7-13(14)15/h6-7,9-11,16H,2-5,8H2,1H3. The number of carbonyl (C=O) groups is 1. The molecule has 18 heavy (non-hydrogen) atoms. The Morgan fingerprint density at radius 2 is 2.17 bits per heavy atom. The van der Waals surface area contributed by atoms with Gasteiger partial charge in [-0.05, 0) is 18.6 Å². The van der Waals surface area contributed by atoms with E-state index in [1.165, 1.54) is 19.3 Å². The third-order valence-electron chi connectivity index (χ3n) is 3.06. The van der Waals surface area contributed by atoms with E-state index < -0.39 is 0 Å². The molecule has 1 aromatic heterocycles. The van der Waals surface area contributed by atoms with Crippen LogP contribution in [0.15, 0.2) is 24.4 Å². The lowest BCUT2D eigenvalue weighted by Gasteiger charge is -2.04. The summed E-state index contributed by atoms with van der Waals surface area (Å²) in [7, 11) is 0. The maximum atomic E-state index is 10.7. The van der Waals surface area contributed by atoms with E-state index >= 15 is 0 Å². The van der Waals surface area contributed by atoms with Crippen molar-refractivity contribution in [1.29, 1.82) is 0 Å². The molecule has 0 aliphatic heterocycles. The molecule has 0 unspecified atom stereocenters. The first-order valence-corrected chi connectivity index (χ1v) is 6.54. The Kier molecular flexibility index (Phi) is 4.40. The zero-order chi connectivity index (χ0) is 12.8. The zero-order valence-electron chi connectivity index (χ0n) is 10.7. The summed E-state index contributed by atoms with van der Waals surface area (Å²) >= 11 is 0. The van der Waals surface area contributed by atoms with E-state index in [1.54, 1.807) is 0 Å². The summed E-state index contributed by atoms with van der Waals surface area (Å²) in [5.41, 5.74) is 1.63. The maximum Gasteiger partial charge on any atom is 0.150 e. The van der Waals surface area contributed by atoms with Crippen LogP contribution < -0.4 is 4.74 Å². The van der Waals surface area contributed by atoms with Gasteiger partial charge in [0.25, 0.3) is 0 Å². The SMILES string of the molecule is CCCCCCOc1c[nH]c2cc(C=O)ccc12. The van der Waals surface area contributed by atoms with Crippen LogP contribution in [0.1, 0.15) is 43.0 Å². The molecule has 0 amide bonds. The highest BCUT2D eigenvalue weighted by Crippen LogP contribution is 2.26. The van der Waals surface area contributed by atoms with Gasteiger partial charge in [0.2, 0.25) is 0 Å². The van der Waals surface area contributed by atoms with E-state index in [2.05, 4.69) is 11.9 Å². The second-order valence-corrected chi connectivity index (χ2v) is 4.48. The lowest BCUT2D eigenvalue weighted by atomic mass is 10.2. The zero-order valence-corrected chi connectivity index (χ0v) is 10.7. The number of aldehydes is 1. The number of hydrogen-bond acceptors (Lipinski definition) is 2. The molecular weight excluding hydrogens is 226 g/mol. The van der Waals surface area contributed by atoms with Crippen LogP contribution in [0.25, 0.3) is 10.9 Å². The lowest BCUT2D eigenvalue weighted by Crippen LogP contribution is -1.96. The van der Waals surface area contributed by atoms with E-state index in [0.717, 1.165) is 36.0 Å². The molecule has 0 bridgehead atoms. The van der Waals surface area contributed by atoms with Gasteiger partial charge in [-0.2, -0.15) is 0 Å². The normalized spacial score (nSPS) is 10.7. The van der Waals surface area contributed by atoms with Gasteiger partial charge in [0.05, 0.1) is 6.61 Å². The molecule has 0 fully saturated rings. The number of fused-ring (bicyclic) bond motifs is 1. The summed E-state index contributed by atoms with van der Waals surface area (Å²) in [6.07, 6.45) is 7.52. The van der Waals surface area contributed by atoms with Crippen LogP contribution in [-0.4, -0.2) is 17.9 Å². The van der Waals surface area contributed by atoms with Crippen LogP contribution >= 0.6 is 0 Å². The third-order valence-corrected chi connectivity index (χ3v) is 3.06. The van der Waals surface area contributed by atoms with Gasteiger partial charge in [0, 0.05) is 22.7 Å². The average molecular weight is 245 g/mol. The van der Waals surface area contributed by atoms with E-state index in [4.69, 9.17) is 4.74 Å². The van der Waals surface area contributed by atoms with Gasteiger partial charge < -0.3 is 9.72 Å². The van der Waals surface area contributed by atoms with E-state index in [-0.39, 0.29) is 0 Å². The van der Waals surface area contributed by atoms with Gasteiger partial charge in [-0.3, -0.25) is 4.79 Å². The molecule has 1 heterocycles. The van der Waals surface area contributed by atoms with Gasteiger partial charge in [-0.15, -0.1) is 0 Å². The summed E-state index contributed by atoms with van der Waals surface area (Å²) in [5, 5.41) is 1.04. The van der Waals surface area contributed by atoms with Crippen molar-refractivity contribution in [2.75, 3.05) is 6.61 Å². The fraction of sp³-hybridized carbons (Fsp3) is 0.400. The number of rotatable bonds is 7. The Labute approximate surface area is 107 Å². The van der Waals surface area contributed by atoms with Crippen molar-refractivity contribution in [3.63, 3.8) is 0 Å². The molecule has 1 N–H and O–H groups in total. The number of aromatic nitrogens is 1. The Balaban J connectivity index is 1.99. The van der Waals surface area contributed by atoms with Gasteiger partial charge in [0.15, 0.2) is 0 Å². The van der Waals surface area contributed by atoms with Crippen molar-refractivity contribution in [3.05, 3.63) is 30.0 Å². The average Bonchev–Trinajstić information content (AvgIpc) is 2.81. The predicted octanol–water partition coefficient (Wildman–Crippen LogP) is 3.94. The molecule has 1 aromatic carbocycles. The number of carbonyl (C=O) groups excluding carboxylic acids is 1. The number of benzene rings is 1. The van der Waals surface area contributed by atoms with Crippen LogP contribution in [-0.2, 0) is 0 Å². The summed E-state index contributed by atoms with van der Waals surface area (Å²) in [6.45, 7) is 2.95. The van der Waals surface area contributed by atoms with Crippen molar-refractivity contribution >= 4 is 17.2 Å². The summed E-state index contributed by atoms with van der Waals surface area (Å²) in [6, 6.07) is 5.58. The highest BCUT2D eigenvalue weighted by Gasteiger charge is 2.05. The molecule has 0 atom stereocenters. The fourth-order valence-electron chi connectivity index (χ4n) is 2.02. The minimum absolute atomic E-state index is 0.679. The summed E-state index contributed by atoms with van der Waals surface area (Å²) in [5.74, 6) is 0.874. The monoisotopic (exact) mass is 245 g/mol. The molecule has 0 aliphatic carbocycles. The molecule has 0 spiro atoms. The van der Waals surface area contributed by atoms with Crippen LogP contribution in [0.3, 0.4) is 0 Å². The number of unbranched alkanes of at least 4 members (excludes halogenated alkanes) is 3. The van der Waals surface area contributed by atoms with Crippen LogP contribution in [0, 0.1) is 0 Å². The minimum atomic E-state index is 0.679. The number of hydrogen-bond donors (Lipinski definition) is 1. The van der Waals surface area contributed by atoms with Crippen molar-refractivity contribution in [3.8, 4) is 5.75 Å². The Hall–Kier alpha value is -1.77. The topological polar surface area (TPSA) is 42.1 Å². The van der Waals surface area contributed by atoms with Gasteiger partial charge in [-0.25, -0.2) is 0 Å². The fourth-order valence-corrected chi connectivity index (χ4v) is 2.02. The van der Waals surface area contributed by atoms with E-state index in [9.17, 15) is 4.79 Å². The van der Waals surface area contributed by atoms with Crippen molar-refractivity contribution in [2.24, 2.45) is 0 Å². The molecule has 2 aromatic rings. The van der Waals surface area contributed by atoms with Gasteiger partial charge >= 0.3 is 0 Å². The molecular formula is C15H19NO2. The first-order valence-electron chi connectivity index (χ1n) is 6.54. The Bertz CT molecular complexity index is 516. The quantitative estimate of drug-likeness (QED) is 0.593. The molecule has 0 saturated heterocycles. The predicted molar refractivity (Wildman–Crippen MR) is 73.3 cm³/mol. The van der Waals surface area contributed by atoms with Crippen LogP contribution in [0.4, 0.5) is 0 Å². The van der Waals surface area contributed by atoms with Gasteiger partial charge in [-0.1, -0.05) is 32.3 Å². The molecule has 0 saturated carbocycles. The van der Waals surface area contributed by atoms with E-state index in [1.807, 2.05) is 24.4 Å². The molecule has 0 aliphatic rings. The highest BCUT2D eigenvalue weighted by atomic mass is 16.5. The van der Waals surface area contributed by atoms with Crippen molar-refractivity contribution in [2.45, 2.75) is 32.6 Å². The first kappa shape index (κ1) is 12.7. The second kappa shape index (κ2) is 6.24. The molecule has 3 nitrogen and oxygen atoms in total. The Morgan fingerprint density at radius 1 is 1.28 bits per heavy atom. The minimum Gasteiger partial charge on any atom is -0.491 e. The number of aromatic amines is 1. The van der Waals surface area contributed by atoms with Crippen molar-refractivity contribution < 1.29 is 9.53 Å². The van der Waals surface area contributed by atoms with Crippen LogP contribution in [0.2, 0.25) is 0 Å². The lowest BCUT2D eigenvalue weighted by molar-refractivity contribution is 0.112. The second-order valence-electron chi connectivity index (χ2n) is 4.48. The van der Waals surface area contributed by atoms with Gasteiger partial charge in [0.1, 0.15) is 12.0 Å². The number of ether oxygens (including phenoxy) is 1. The van der Waals surface area contributed by atoms with Crippen molar-refractivity contribution in [1.82, 2.24) is 4.98 Å². The third kappa shape index (κ3) is 2.92. The first-order chi connectivity index (χ1) is 8.85. The summed E-state index contributed by atoms with van der Waals surface area (Å²) in [4.78, 5) is 13.8. The van der Waals surface area contributed by atoms with E-state index in [0.29, 0.717) is 5.56 Å². The number of H-pyrrole nitrogens is 1. The summed E-state index contributed by atoms with van der Waals surface area (Å²) < 4.78 is 5.76. The number of nitrogens with one attached hydrogen (secondary N) is 1. The Morgan fingerprint density at radius 3 is 2.94 bits per heavy atom. The molecule has 2 rings (SSSR count). The largest absolute Gasteiger partial charge is 0.491 e. The molecule has 0 radical (unpaired) electrons. The molecule has 3 heteroatoms. The maximum absolute atomic E-state index is 10.7. The smallest absolute Gasteiger partial charge is 0.150 e. The van der Waals surface area contributed by atoms with Crippen LogP contribution in [0.5, 0.6) is 5.75 Å². The molecule has 96 valence electrons.